The molecule has 4 atom stereocenters. The van der Waals surface area contributed by atoms with Crippen LogP contribution in [0.2, 0.25) is 18.6 Å². The van der Waals surface area contributed by atoms with Crippen LogP contribution in [-0.4, -0.2) is 47.7 Å². The van der Waals surface area contributed by atoms with E-state index in [1.807, 2.05) is 13.0 Å². The molecule has 220 valence electrons. The second-order valence-corrected chi connectivity index (χ2v) is 15.5. The summed E-state index contributed by atoms with van der Waals surface area (Å²) in [7, 11) is -2.91. The summed E-state index contributed by atoms with van der Waals surface area (Å²) in [5.41, 5.74) is 6.69. The standard InChI is InChI=1S/C30H34N4O7Si/c1-18-27(42(2,3)40)26(13-14-35)41-30(18)24-16-23(34(38)39)11-12-25(24)33(29(30)37)17-19-5-4-6-22(15-19)32-28(36)20-7-9-21(31)10-8-20/h4-12,15-16,18,26-27,35,40H,13-14,17,31H2,1-3H3,(H,32,36)/t18-,26+,27-,30+/m0/s1. The number of fused-ring (bicyclic) bond motifs is 2. The highest BCUT2D eigenvalue weighted by Crippen LogP contribution is 2.60. The molecule has 5 rings (SSSR count). The molecule has 1 spiro atoms. The number of nitro benzene ring substituents is 1. The van der Waals surface area contributed by atoms with Crippen molar-refractivity contribution in [2.75, 3.05) is 22.6 Å². The van der Waals surface area contributed by atoms with Crippen molar-refractivity contribution in [2.24, 2.45) is 5.92 Å². The highest BCUT2D eigenvalue weighted by molar-refractivity contribution is 6.71. The number of aliphatic hydroxyl groups is 1. The van der Waals surface area contributed by atoms with E-state index >= 15 is 0 Å². The predicted octanol–water partition coefficient (Wildman–Crippen LogP) is 4.16. The molecule has 42 heavy (non-hydrogen) atoms. The average Bonchev–Trinajstić information content (AvgIpc) is 3.35. The van der Waals surface area contributed by atoms with Crippen LogP contribution < -0.4 is 16.0 Å². The number of carbonyl (C=O) groups is 2. The van der Waals surface area contributed by atoms with Crippen LogP contribution in [0, 0.1) is 16.0 Å². The fourth-order valence-corrected chi connectivity index (χ4v) is 9.10. The molecule has 1 saturated heterocycles. The number of nitrogens with two attached hydrogens (primary N) is 1. The minimum atomic E-state index is -2.91. The maximum absolute atomic E-state index is 14.4. The minimum absolute atomic E-state index is 0.113. The summed E-state index contributed by atoms with van der Waals surface area (Å²) in [5.74, 6) is -1.21. The molecule has 1 fully saturated rings. The summed E-state index contributed by atoms with van der Waals surface area (Å²) >= 11 is 0. The third kappa shape index (κ3) is 5.07. The van der Waals surface area contributed by atoms with Crippen LogP contribution in [0.15, 0.2) is 66.7 Å². The summed E-state index contributed by atoms with van der Waals surface area (Å²) in [6.07, 6.45) is -0.374. The summed E-state index contributed by atoms with van der Waals surface area (Å²) < 4.78 is 6.51. The number of rotatable bonds is 8. The molecule has 3 aromatic rings. The smallest absolute Gasteiger partial charge is 0.269 e. The zero-order chi connectivity index (χ0) is 30.4. The first-order valence-corrected chi connectivity index (χ1v) is 16.8. The van der Waals surface area contributed by atoms with Gasteiger partial charge in [0.25, 0.3) is 17.5 Å². The molecule has 12 heteroatoms. The van der Waals surface area contributed by atoms with Gasteiger partial charge >= 0.3 is 0 Å². The molecule has 2 aliphatic heterocycles. The van der Waals surface area contributed by atoms with Gasteiger partial charge in [-0.3, -0.25) is 19.7 Å². The zero-order valence-corrected chi connectivity index (χ0v) is 24.6. The van der Waals surface area contributed by atoms with Crippen molar-refractivity contribution in [1.82, 2.24) is 0 Å². The lowest BCUT2D eigenvalue weighted by molar-refractivity contribution is -0.385. The number of nitrogens with one attached hydrogen (secondary N) is 1. The Morgan fingerprint density at radius 2 is 1.88 bits per heavy atom. The van der Waals surface area contributed by atoms with Gasteiger partial charge < -0.3 is 30.6 Å². The van der Waals surface area contributed by atoms with Gasteiger partial charge in [-0.15, -0.1) is 0 Å². The third-order valence-corrected chi connectivity index (χ3v) is 10.8. The highest BCUT2D eigenvalue weighted by atomic mass is 28.4. The first kappa shape index (κ1) is 29.4. The Hall–Kier alpha value is -4.10. The summed E-state index contributed by atoms with van der Waals surface area (Å²) in [5, 5.41) is 24.4. The molecule has 2 amide bonds. The number of anilines is 3. The Morgan fingerprint density at radius 3 is 2.52 bits per heavy atom. The van der Waals surface area contributed by atoms with Crippen molar-refractivity contribution in [3.05, 3.63) is 93.5 Å². The average molecular weight is 591 g/mol. The second-order valence-electron chi connectivity index (χ2n) is 11.5. The van der Waals surface area contributed by atoms with Gasteiger partial charge in [0.1, 0.15) is 0 Å². The lowest BCUT2D eigenvalue weighted by Crippen LogP contribution is -2.46. The van der Waals surface area contributed by atoms with Gasteiger partial charge in [0, 0.05) is 52.7 Å². The summed E-state index contributed by atoms with van der Waals surface area (Å²) in [4.78, 5) is 51.1. The quantitative estimate of drug-likeness (QED) is 0.131. The molecule has 3 aromatic carbocycles. The SMILES string of the molecule is C[C@H]1[C@H]([Si](C)(C)O)[C@@H](CCO)O[C@]12C(=O)N(Cc1cccc(NC(=O)c3ccc(N)cc3)c1)c1ccc([N+](=O)[O-])cc12. The van der Waals surface area contributed by atoms with Gasteiger partial charge in [0.05, 0.1) is 23.3 Å². The summed E-state index contributed by atoms with van der Waals surface area (Å²) in [6.45, 7) is 5.31. The Labute approximate surface area is 244 Å². The number of benzene rings is 3. The summed E-state index contributed by atoms with van der Waals surface area (Å²) in [6, 6.07) is 17.9. The van der Waals surface area contributed by atoms with Crippen LogP contribution in [0.3, 0.4) is 0 Å². The van der Waals surface area contributed by atoms with Gasteiger partial charge in [0.15, 0.2) is 13.9 Å². The molecule has 0 radical (unpaired) electrons. The number of hydrogen-bond acceptors (Lipinski definition) is 8. The van der Waals surface area contributed by atoms with Crippen molar-refractivity contribution in [3.63, 3.8) is 0 Å². The monoisotopic (exact) mass is 590 g/mol. The fourth-order valence-electron chi connectivity index (χ4n) is 6.50. The number of amides is 2. The number of nitro groups is 1. The molecule has 0 bridgehead atoms. The molecule has 2 heterocycles. The van der Waals surface area contributed by atoms with E-state index in [0.29, 0.717) is 33.8 Å². The number of nitrogen functional groups attached to an aromatic ring is 1. The van der Waals surface area contributed by atoms with E-state index in [9.17, 15) is 29.6 Å². The van der Waals surface area contributed by atoms with Crippen molar-refractivity contribution in [3.8, 4) is 0 Å². The van der Waals surface area contributed by atoms with Crippen molar-refractivity contribution < 1.29 is 29.2 Å². The normalized spacial score (nSPS) is 23.3. The van der Waals surface area contributed by atoms with Crippen LogP contribution in [-0.2, 0) is 21.7 Å². The Balaban J connectivity index is 1.51. The highest BCUT2D eigenvalue weighted by Gasteiger charge is 2.66. The number of aliphatic hydroxyl groups excluding tert-OH is 1. The molecule has 0 unspecified atom stereocenters. The first-order valence-electron chi connectivity index (χ1n) is 13.7. The zero-order valence-electron chi connectivity index (χ0n) is 23.6. The van der Waals surface area contributed by atoms with E-state index in [4.69, 9.17) is 10.5 Å². The van der Waals surface area contributed by atoms with Gasteiger partial charge in [0.2, 0.25) is 0 Å². The molecule has 0 aromatic heterocycles. The topological polar surface area (TPSA) is 168 Å². The number of ether oxygens (including phenoxy) is 1. The van der Waals surface area contributed by atoms with Crippen molar-refractivity contribution >= 4 is 42.9 Å². The molecular weight excluding hydrogens is 556 g/mol. The number of hydrogen-bond donors (Lipinski definition) is 4. The van der Waals surface area contributed by atoms with E-state index in [1.165, 1.54) is 12.1 Å². The van der Waals surface area contributed by atoms with Gasteiger partial charge in [-0.05, 0) is 67.5 Å². The first-order chi connectivity index (χ1) is 19.9. The molecule has 0 saturated carbocycles. The lowest BCUT2D eigenvalue weighted by atomic mass is 9.82. The van der Waals surface area contributed by atoms with E-state index in [-0.39, 0.29) is 37.1 Å². The van der Waals surface area contributed by atoms with Crippen LogP contribution >= 0.6 is 0 Å². The fraction of sp³-hybridized carbons (Fsp3) is 0.333. The number of nitrogens with zero attached hydrogens (tertiary/aromatic N) is 2. The van der Waals surface area contributed by atoms with Crippen LogP contribution in [0.1, 0.15) is 34.8 Å². The minimum Gasteiger partial charge on any atom is -0.432 e. The van der Waals surface area contributed by atoms with Gasteiger partial charge in [-0.2, -0.15) is 0 Å². The molecule has 2 aliphatic rings. The molecular formula is C30H34N4O7Si. The Bertz CT molecular complexity index is 1540. The van der Waals surface area contributed by atoms with Crippen molar-refractivity contribution in [2.45, 2.75) is 50.2 Å². The van der Waals surface area contributed by atoms with Crippen molar-refractivity contribution in [1.29, 1.82) is 0 Å². The Kier molecular flexibility index (Phi) is 7.66. The van der Waals surface area contributed by atoms with E-state index in [0.717, 1.165) is 0 Å². The van der Waals surface area contributed by atoms with Crippen LogP contribution in [0.5, 0.6) is 0 Å². The Morgan fingerprint density at radius 1 is 1.17 bits per heavy atom. The largest absolute Gasteiger partial charge is 0.432 e. The van der Waals surface area contributed by atoms with E-state index in [2.05, 4.69) is 5.32 Å². The van der Waals surface area contributed by atoms with Gasteiger partial charge in [-0.25, -0.2) is 0 Å². The van der Waals surface area contributed by atoms with Crippen LogP contribution in [0.4, 0.5) is 22.7 Å². The number of non-ortho nitro benzene ring substituents is 1. The van der Waals surface area contributed by atoms with Crippen LogP contribution in [0.25, 0.3) is 0 Å². The maximum Gasteiger partial charge on any atom is 0.269 e. The molecule has 11 nitrogen and oxygen atoms in total. The van der Waals surface area contributed by atoms with Gasteiger partial charge in [-0.1, -0.05) is 19.1 Å². The number of carbonyl (C=O) groups excluding carboxylic acids is 2. The predicted molar refractivity (Wildman–Crippen MR) is 160 cm³/mol. The maximum atomic E-state index is 14.4. The van der Waals surface area contributed by atoms with E-state index < -0.39 is 36.4 Å². The third-order valence-electron chi connectivity index (χ3n) is 8.29. The lowest BCUT2D eigenvalue weighted by Gasteiger charge is -2.32. The van der Waals surface area contributed by atoms with E-state index in [1.54, 1.807) is 66.5 Å². The molecule has 0 aliphatic carbocycles. The molecule has 5 N–H and O–H groups in total. The second kappa shape index (κ2) is 10.9.